The lowest BCUT2D eigenvalue weighted by Crippen LogP contribution is -2.44. The highest BCUT2D eigenvalue weighted by Crippen LogP contribution is 2.46. The van der Waals surface area contributed by atoms with Crippen LogP contribution >= 0.6 is 15.9 Å². The molecule has 0 bridgehead atoms. The molecule has 0 saturated carbocycles. The standard InChI is InChI=1S/C22H25BrN2O4/c1-13-19(22(27)25-8-10-29-11-9-25)20(15-12-14(23)6-7-18(15)28-2)21-16(24-13)4-3-5-17(21)26/h6-7,12,20,24H,3-5,8-11H2,1-2H3. The van der Waals surface area contributed by atoms with Crippen molar-refractivity contribution >= 4 is 27.6 Å². The molecule has 7 heteroatoms. The Bertz CT molecular complexity index is 915. The zero-order valence-corrected chi connectivity index (χ0v) is 18.3. The van der Waals surface area contributed by atoms with Crippen molar-refractivity contribution in [3.63, 3.8) is 0 Å². The van der Waals surface area contributed by atoms with Crippen LogP contribution in [0, 0.1) is 0 Å². The SMILES string of the molecule is COc1ccc(Br)cc1C1C(C(=O)N2CCOCC2)=C(C)NC2=C1C(=O)CCC2. The van der Waals surface area contributed by atoms with E-state index in [1.807, 2.05) is 30.0 Å². The first-order valence-corrected chi connectivity index (χ1v) is 10.7. The summed E-state index contributed by atoms with van der Waals surface area (Å²) < 4.78 is 11.9. The van der Waals surface area contributed by atoms with Crippen LogP contribution in [-0.4, -0.2) is 50.0 Å². The fraction of sp³-hybridized carbons (Fsp3) is 0.455. The first-order valence-electron chi connectivity index (χ1n) is 9.95. The van der Waals surface area contributed by atoms with Crippen LogP contribution in [0.1, 0.15) is 37.7 Å². The van der Waals surface area contributed by atoms with Gasteiger partial charge in [0.25, 0.3) is 5.91 Å². The summed E-state index contributed by atoms with van der Waals surface area (Å²) in [6, 6.07) is 5.74. The number of halogens is 1. The van der Waals surface area contributed by atoms with Crippen molar-refractivity contribution in [1.82, 2.24) is 10.2 Å². The fourth-order valence-electron chi connectivity index (χ4n) is 4.45. The molecular formula is C22H25BrN2O4. The third kappa shape index (κ3) is 3.73. The summed E-state index contributed by atoms with van der Waals surface area (Å²) in [5.41, 5.74) is 3.90. The van der Waals surface area contributed by atoms with Gasteiger partial charge >= 0.3 is 0 Å². The van der Waals surface area contributed by atoms with Crippen molar-refractivity contribution in [2.24, 2.45) is 0 Å². The zero-order valence-electron chi connectivity index (χ0n) is 16.7. The first-order chi connectivity index (χ1) is 14.0. The predicted molar refractivity (Wildman–Crippen MR) is 113 cm³/mol. The van der Waals surface area contributed by atoms with Crippen LogP contribution < -0.4 is 10.1 Å². The number of ketones is 1. The van der Waals surface area contributed by atoms with Crippen molar-refractivity contribution in [2.45, 2.75) is 32.1 Å². The Morgan fingerprint density at radius 1 is 1.28 bits per heavy atom. The van der Waals surface area contributed by atoms with E-state index in [1.165, 1.54) is 0 Å². The first kappa shape index (κ1) is 20.2. The Labute approximate surface area is 179 Å². The van der Waals surface area contributed by atoms with Crippen molar-refractivity contribution in [3.8, 4) is 5.75 Å². The quantitative estimate of drug-likeness (QED) is 0.749. The van der Waals surface area contributed by atoms with E-state index in [4.69, 9.17) is 9.47 Å². The van der Waals surface area contributed by atoms with Gasteiger partial charge in [0, 0.05) is 52.1 Å². The Morgan fingerprint density at radius 2 is 2.03 bits per heavy atom. The molecule has 1 amide bonds. The smallest absolute Gasteiger partial charge is 0.252 e. The summed E-state index contributed by atoms with van der Waals surface area (Å²) in [6.45, 7) is 4.09. The molecule has 1 aliphatic carbocycles. The molecular weight excluding hydrogens is 436 g/mol. The van der Waals surface area contributed by atoms with Gasteiger partial charge in [-0.1, -0.05) is 15.9 Å². The van der Waals surface area contributed by atoms with Gasteiger partial charge in [-0.15, -0.1) is 0 Å². The van der Waals surface area contributed by atoms with Crippen LogP contribution in [0.5, 0.6) is 5.75 Å². The van der Waals surface area contributed by atoms with E-state index in [0.29, 0.717) is 49.6 Å². The van der Waals surface area contributed by atoms with Gasteiger partial charge in [0.15, 0.2) is 5.78 Å². The van der Waals surface area contributed by atoms with E-state index in [2.05, 4.69) is 21.2 Å². The molecule has 0 spiro atoms. The lowest BCUT2D eigenvalue weighted by atomic mass is 9.74. The van der Waals surface area contributed by atoms with Crippen LogP contribution in [0.25, 0.3) is 0 Å². The van der Waals surface area contributed by atoms with E-state index >= 15 is 0 Å². The van der Waals surface area contributed by atoms with Gasteiger partial charge in [0.1, 0.15) is 5.75 Å². The van der Waals surface area contributed by atoms with E-state index in [0.717, 1.165) is 34.3 Å². The second kappa shape index (κ2) is 8.32. The average molecular weight is 461 g/mol. The van der Waals surface area contributed by atoms with Gasteiger partial charge in [-0.2, -0.15) is 0 Å². The number of amides is 1. The number of hydrogen-bond donors (Lipinski definition) is 1. The van der Waals surface area contributed by atoms with Crippen molar-refractivity contribution in [1.29, 1.82) is 0 Å². The Hall–Kier alpha value is -2.12. The molecule has 6 nitrogen and oxygen atoms in total. The van der Waals surface area contributed by atoms with E-state index < -0.39 is 5.92 Å². The molecule has 0 aromatic heterocycles. The summed E-state index contributed by atoms with van der Waals surface area (Å²) in [6.07, 6.45) is 2.14. The van der Waals surface area contributed by atoms with Crippen molar-refractivity contribution in [2.75, 3.05) is 33.4 Å². The van der Waals surface area contributed by atoms with E-state index in [1.54, 1.807) is 7.11 Å². The summed E-state index contributed by atoms with van der Waals surface area (Å²) >= 11 is 3.54. The number of allylic oxidation sites excluding steroid dienone is 3. The van der Waals surface area contributed by atoms with Crippen LogP contribution in [0.3, 0.4) is 0 Å². The topological polar surface area (TPSA) is 67.9 Å². The third-order valence-electron chi connectivity index (χ3n) is 5.81. The Kier molecular flexibility index (Phi) is 5.79. The molecule has 1 atom stereocenters. The summed E-state index contributed by atoms with van der Waals surface area (Å²) in [5.74, 6) is 0.285. The number of dihydropyridines is 1. The Morgan fingerprint density at radius 3 is 2.76 bits per heavy atom. The maximum atomic E-state index is 13.6. The predicted octanol–water partition coefficient (Wildman–Crippen LogP) is 3.28. The van der Waals surface area contributed by atoms with Crippen LogP contribution in [0.4, 0.5) is 0 Å². The van der Waals surface area contributed by atoms with Gasteiger partial charge < -0.3 is 19.7 Å². The number of hydrogen-bond acceptors (Lipinski definition) is 5. The number of ether oxygens (including phenoxy) is 2. The van der Waals surface area contributed by atoms with E-state index in [9.17, 15) is 9.59 Å². The largest absolute Gasteiger partial charge is 0.496 e. The van der Waals surface area contributed by atoms with Crippen LogP contribution in [0.2, 0.25) is 0 Å². The molecule has 1 aromatic rings. The number of rotatable bonds is 3. The molecule has 1 saturated heterocycles. The highest BCUT2D eigenvalue weighted by Gasteiger charge is 2.41. The molecule has 1 N–H and O–H groups in total. The monoisotopic (exact) mass is 460 g/mol. The number of carbonyl (C=O) groups excluding carboxylic acids is 2. The Balaban J connectivity index is 1.87. The normalized spacial score (nSPS) is 22.4. The van der Waals surface area contributed by atoms with Gasteiger partial charge in [0.2, 0.25) is 0 Å². The van der Waals surface area contributed by atoms with Gasteiger partial charge in [-0.05, 0) is 38.0 Å². The fourth-order valence-corrected chi connectivity index (χ4v) is 4.82. The van der Waals surface area contributed by atoms with Gasteiger partial charge in [-0.3, -0.25) is 9.59 Å². The maximum absolute atomic E-state index is 13.6. The van der Waals surface area contributed by atoms with Gasteiger partial charge in [0.05, 0.1) is 26.2 Å². The third-order valence-corrected chi connectivity index (χ3v) is 6.30. The molecule has 2 aliphatic heterocycles. The molecule has 29 heavy (non-hydrogen) atoms. The maximum Gasteiger partial charge on any atom is 0.252 e. The molecule has 3 aliphatic rings. The molecule has 0 radical (unpaired) electrons. The second-order valence-electron chi connectivity index (χ2n) is 7.56. The van der Waals surface area contributed by atoms with Crippen molar-refractivity contribution < 1.29 is 19.1 Å². The number of benzene rings is 1. The number of carbonyl (C=O) groups is 2. The number of nitrogens with zero attached hydrogens (tertiary/aromatic N) is 1. The lowest BCUT2D eigenvalue weighted by Gasteiger charge is -2.37. The van der Waals surface area contributed by atoms with Crippen molar-refractivity contribution in [3.05, 3.63) is 50.8 Å². The minimum atomic E-state index is -0.443. The molecule has 154 valence electrons. The lowest BCUT2D eigenvalue weighted by molar-refractivity contribution is -0.131. The number of nitrogens with one attached hydrogen (secondary N) is 1. The summed E-state index contributed by atoms with van der Waals surface area (Å²) in [4.78, 5) is 28.4. The number of methoxy groups -OCH3 is 1. The summed E-state index contributed by atoms with van der Waals surface area (Å²) in [5, 5.41) is 3.38. The minimum absolute atomic E-state index is 0.0461. The average Bonchev–Trinajstić information content (AvgIpc) is 2.73. The molecule has 4 rings (SSSR count). The summed E-state index contributed by atoms with van der Waals surface area (Å²) in [7, 11) is 1.62. The highest BCUT2D eigenvalue weighted by atomic mass is 79.9. The number of morpholine rings is 1. The second-order valence-corrected chi connectivity index (χ2v) is 8.47. The molecule has 1 unspecified atom stereocenters. The molecule has 1 aromatic carbocycles. The number of Topliss-reactive ketones (excluding diaryl/α,β-unsaturated/α-hetero) is 1. The minimum Gasteiger partial charge on any atom is -0.496 e. The highest BCUT2D eigenvalue weighted by molar-refractivity contribution is 9.10. The zero-order chi connectivity index (χ0) is 20.5. The van der Waals surface area contributed by atoms with E-state index in [-0.39, 0.29) is 11.7 Å². The molecule has 1 fully saturated rings. The van der Waals surface area contributed by atoms with Crippen LogP contribution in [0.15, 0.2) is 45.2 Å². The van der Waals surface area contributed by atoms with Crippen LogP contribution in [-0.2, 0) is 14.3 Å². The molecule has 2 heterocycles. The van der Waals surface area contributed by atoms with Gasteiger partial charge in [-0.25, -0.2) is 0 Å².